The molecule has 3 N–H and O–H groups in total. The number of ketones is 1. The maximum absolute atomic E-state index is 13.3. The third-order valence-corrected chi connectivity index (χ3v) is 5.71. The SMILES string of the molecule is O=C(NCc1ccccc1)Nc1n[nH]c2cc(OC(C(=O)c3ccccc3)c3ccccc3)ccc12. The predicted octanol–water partition coefficient (Wildman–Crippen LogP) is 5.89. The molecule has 1 unspecified atom stereocenters. The van der Waals surface area contributed by atoms with Crippen LogP contribution in [0.2, 0.25) is 0 Å². The van der Waals surface area contributed by atoms with Crippen molar-refractivity contribution in [2.24, 2.45) is 0 Å². The lowest BCUT2D eigenvalue weighted by Gasteiger charge is -2.19. The smallest absolute Gasteiger partial charge is 0.320 e. The van der Waals surface area contributed by atoms with Crippen LogP contribution >= 0.6 is 0 Å². The number of urea groups is 1. The van der Waals surface area contributed by atoms with Gasteiger partial charge < -0.3 is 10.1 Å². The highest BCUT2D eigenvalue weighted by Gasteiger charge is 2.24. The normalized spacial score (nSPS) is 11.6. The van der Waals surface area contributed by atoms with Gasteiger partial charge in [-0.3, -0.25) is 15.2 Å². The number of amides is 2. The lowest BCUT2D eigenvalue weighted by Crippen LogP contribution is -2.28. The van der Waals surface area contributed by atoms with Crippen molar-refractivity contribution in [3.63, 3.8) is 0 Å². The fourth-order valence-electron chi connectivity index (χ4n) is 3.89. The average molecular weight is 477 g/mol. The van der Waals surface area contributed by atoms with Gasteiger partial charge in [0.05, 0.1) is 5.52 Å². The zero-order valence-electron chi connectivity index (χ0n) is 19.3. The van der Waals surface area contributed by atoms with Crippen molar-refractivity contribution in [1.29, 1.82) is 0 Å². The number of benzene rings is 4. The summed E-state index contributed by atoms with van der Waals surface area (Å²) in [6, 6.07) is 33.1. The summed E-state index contributed by atoms with van der Waals surface area (Å²) in [6.45, 7) is 0.406. The Bertz CT molecular complexity index is 1470. The molecule has 0 aliphatic rings. The minimum atomic E-state index is -0.810. The first-order valence-electron chi connectivity index (χ1n) is 11.5. The summed E-state index contributed by atoms with van der Waals surface area (Å²) in [6.07, 6.45) is -0.810. The Morgan fingerprint density at radius 1 is 0.833 bits per heavy atom. The lowest BCUT2D eigenvalue weighted by molar-refractivity contribution is 0.0792. The molecule has 7 nitrogen and oxygen atoms in total. The Morgan fingerprint density at radius 3 is 2.22 bits per heavy atom. The zero-order valence-corrected chi connectivity index (χ0v) is 19.3. The van der Waals surface area contributed by atoms with Crippen LogP contribution in [0.5, 0.6) is 5.75 Å². The van der Waals surface area contributed by atoms with Gasteiger partial charge in [-0.05, 0) is 17.7 Å². The minimum Gasteiger partial charge on any atom is -0.477 e. The van der Waals surface area contributed by atoms with Crippen molar-refractivity contribution in [2.75, 3.05) is 5.32 Å². The minimum absolute atomic E-state index is 0.135. The Kier molecular flexibility index (Phi) is 6.71. The van der Waals surface area contributed by atoms with Crippen LogP contribution in [0, 0.1) is 0 Å². The van der Waals surface area contributed by atoms with E-state index in [1.54, 1.807) is 30.3 Å². The molecule has 1 heterocycles. The van der Waals surface area contributed by atoms with Crippen LogP contribution < -0.4 is 15.4 Å². The molecular weight excluding hydrogens is 452 g/mol. The van der Waals surface area contributed by atoms with Crippen molar-refractivity contribution in [2.45, 2.75) is 12.6 Å². The van der Waals surface area contributed by atoms with Crippen LogP contribution in [0.15, 0.2) is 109 Å². The van der Waals surface area contributed by atoms with E-state index in [9.17, 15) is 9.59 Å². The summed E-state index contributed by atoms with van der Waals surface area (Å²) in [5.74, 6) is 0.774. The number of carbonyl (C=O) groups is 2. The molecule has 2 amide bonds. The number of nitrogens with one attached hydrogen (secondary N) is 3. The molecule has 0 aliphatic heterocycles. The number of carbonyl (C=O) groups excluding carboxylic acids is 2. The first-order chi connectivity index (χ1) is 17.7. The zero-order chi connectivity index (χ0) is 24.7. The van der Waals surface area contributed by atoms with Gasteiger partial charge in [-0.1, -0.05) is 91.0 Å². The molecule has 0 aliphatic carbocycles. The monoisotopic (exact) mass is 476 g/mol. The summed E-state index contributed by atoms with van der Waals surface area (Å²) in [7, 11) is 0. The van der Waals surface area contributed by atoms with E-state index in [-0.39, 0.29) is 11.8 Å². The summed E-state index contributed by atoms with van der Waals surface area (Å²) in [4.78, 5) is 25.7. The van der Waals surface area contributed by atoms with Gasteiger partial charge >= 0.3 is 6.03 Å². The second-order valence-electron chi connectivity index (χ2n) is 8.21. The number of H-pyrrole nitrogens is 1. The summed E-state index contributed by atoms with van der Waals surface area (Å²) in [5.41, 5.74) is 3.00. The Hall–Kier alpha value is -4.91. The highest BCUT2D eigenvalue weighted by atomic mass is 16.5. The Morgan fingerprint density at radius 2 is 1.50 bits per heavy atom. The van der Waals surface area contributed by atoms with Crippen LogP contribution in [-0.4, -0.2) is 22.0 Å². The fraction of sp³-hybridized carbons (Fsp3) is 0.0690. The molecule has 5 rings (SSSR count). The molecule has 1 aromatic heterocycles. The first-order valence-corrected chi connectivity index (χ1v) is 11.5. The molecule has 4 aromatic carbocycles. The number of aromatic amines is 1. The van der Waals surface area contributed by atoms with Crippen LogP contribution in [-0.2, 0) is 6.54 Å². The molecule has 0 saturated carbocycles. The quantitative estimate of drug-likeness (QED) is 0.243. The fourth-order valence-corrected chi connectivity index (χ4v) is 3.89. The van der Waals surface area contributed by atoms with E-state index in [4.69, 9.17) is 4.74 Å². The molecular formula is C29H24N4O3. The number of Topliss-reactive ketones (excluding diaryl/α,β-unsaturated/α-hetero) is 1. The molecule has 0 radical (unpaired) electrons. The number of nitrogens with zero attached hydrogens (tertiary/aromatic N) is 1. The lowest BCUT2D eigenvalue weighted by atomic mass is 10.00. The molecule has 0 fully saturated rings. The third kappa shape index (κ3) is 5.26. The topological polar surface area (TPSA) is 96.1 Å². The van der Waals surface area contributed by atoms with Crippen LogP contribution in [0.3, 0.4) is 0 Å². The van der Waals surface area contributed by atoms with Crippen molar-refractivity contribution >= 4 is 28.5 Å². The number of rotatable bonds is 8. The number of anilines is 1. The molecule has 7 heteroatoms. The molecule has 5 aromatic rings. The van der Waals surface area contributed by atoms with Gasteiger partial charge in [-0.15, -0.1) is 0 Å². The molecule has 0 saturated heterocycles. The van der Waals surface area contributed by atoms with Crippen molar-refractivity contribution in [1.82, 2.24) is 15.5 Å². The van der Waals surface area contributed by atoms with Crippen molar-refractivity contribution in [3.8, 4) is 5.75 Å². The molecule has 36 heavy (non-hydrogen) atoms. The molecule has 1 atom stereocenters. The molecule has 0 spiro atoms. The van der Waals surface area contributed by atoms with Crippen LogP contribution in [0.25, 0.3) is 10.9 Å². The number of fused-ring (bicyclic) bond motifs is 1. The van der Waals surface area contributed by atoms with Gasteiger partial charge in [0.2, 0.25) is 5.78 Å². The maximum atomic E-state index is 13.3. The van der Waals surface area contributed by atoms with E-state index >= 15 is 0 Å². The summed E-state index contributed by atoms with van der Waals surface area (Å²) < 4.78 is 6.21. The third-order valence-electron chi connectivity index (χ3n) is 5.71. The van der Waals surface area contributed by atoms with Crippen LogP contribution in [0.1, 0.15) is 27.6 Å². The highest BCUT2D eigenvalue weighted by molar-refractivity contribution is 6.01. The number of hydrogen-bond donors (Lipinski definition) is 3. The highest BCUT2D eigenvalue weighted by Crippen LogP contribution is 2.30. The van der Waals surface area contributed by atoms with Gasteiger partial charge in [0, 0.05) is 29.1 Å². The number of aromatic nitrogens is 2. The Labute approximate surface area is 208 Å². The van der Waals surface area contributed by atoms with Crippen molar-refractivity contribution < 1.29 is 14.3 Å². The average Bonchev–Trinajstić information content (AvgIpc) is 3.33. The van der Waals surface area contributed by atoms with Crippen LogP contribution in [0.4, 0.5) is 10.6 Å². The Balaban J connectivity index is 1.33. The van der Waals surface area contributed by atoms with Gasteiger partial charge in [0.1, 0.15) is 5.75 Å². The molecule has 0 bridgehead atoms. The second kappa shape index (κ2) is 10.6. The first kappa shape index (κ1) is 22.9. The number of ether oxygens (including phenoxy) is 1. The van der Waals surface area contributed by atoms with Gasteiger partial charge in [0.25, 0.3) is 0 Å². The van der Waals surface area contributed by atoms with E-state index < -0.39 is 6.10 Å². The van der Waals surface area contributed by atoms with E-state index in [1.807, 2.05) is 78.9 Å². The summed E-state index contributed by atoms with van der Waals surface area (Å²) in [5, 5.41) is 13.5. The number of hydrogen-bond acceptors (Lipinski definition) is 4. The van der Waals surface area contributed by atoms with E-state index in [0.29, 0.717) is 29.2 Å². The molecule has 178 valence electrons. The van der Waals surface area contributed by atoms with E-state index in [0.717, 1.165) is 16.5 Å². The second-order valence-corrected chi connectivity index (χ2v) is 8.21. The van der Waals surface area contributed by atoms with Gasteiger partial charge in [-0.2, -0.15) is 5.10 Å². The summed E-state index contributed by atoms with van der Waals surface area (Å²) >= 11 is 0. The van der Waals surface area contributed by atoms with Gasteiger partial charge in [-0.25, -0.2) is 4.79 Å². The largest absolute Gasteiger partial charge is 0.477 e. The van der Waals surface area contributed by atoms with E-state index in [2.05, 4.69) is 20.8 Å². The van der Waals surface area contributed by atoms with Gasteiger partial charge in [0.15, 0.2) is 11.9 Å². The van der Waals surface area contributed by atoms with E-state index in [1.165, 1.54) is 0 Å². The predicted molar refractivity (Wildman–Crippen MR) is 139 cm³/mol. The van der Waals surface area contributed by atoms with Crippen molar-refractivity contribution in [3.05, 3.63) is 126 Å². The standard InChI is InChI=1S/C29H24N4O3/c34-26(21-12-6-2-7-13-21)27(22-14-8-3-9-15-22)36-23-16-17-24-25(18-23)32-33-28(24)31-29(35)30-19-20-10-4-1-5-11-20/h1-18,27H,19H2,(H3,30,31,32,33,35). The maximum Gasteiger partial charge on any atom is 0.320 e.